The van der Waals surface area contributed by atoms with E-state index in [1.807, 2.05) is 0 Å². The van der Waals surface area contributed by atoms with E-state index in [0.717, 1.165) is 16.7 Å². The van der Waals surface area contributed by atoms with Crippen LogP contribution in [-0.2, 0) is 14.3 Å². The van der Waals surface area contributed by atoms with Gasteiger partial charge in [-0.25, -0.2) is 0 Å². The maximum absolute atomic E-state index is 11.3. The zero-order valence-electron chi connectivity index (χ0n) is 8.90. The first-order chi connectivity index (χ1) is 6.79. The molecule has 1 heterocycles. The van der Waals surface area contributed by atoms with Crippen molar-refractivity contribution in [2.45, 2.75) is 26.4 Å². The Morgan fingerprint density at radius 1 is 1.47 bits per heavy atom. The van der Waals surface area contributed by atoms with Crippen LogP contribution in [-0.4, -0.2) is 39.9 Å². The summed E-state index contributed by atoms with van der Waals surface area (Å²) in [6.07, 6.45) is 0. The van der Waals surface area contributed by atoms with Crippen molar-refractivity contribution in [1.82, 2.24) is 4.90 Å². The summed E-state index contributed by atoms with van der Waals surface area (Å²) < 4.78 is 5.00. The molecule has 1 aliphatic heterocycles. The first kappa shape index (κ1) is 12.0. The molecule has 0 aromatic heterocycles. The van der Waals surface area contributed by atoms with Gasteiger partial charge in [0.15, 0.2) is 0 Å². The average Bonchev–Trinajstić information content (AvgIpc) is 2.32. The van der Waals surface area contributed by atoms with Gasteiger partial charge < -0.3 is 4.74 Å². The molecule has 0 aromatic rings. The van der Waals surface area contributed by atoms with Gasteiger partial charge in [-0.1, -0.05) is 11.8 Å². The summed E-state index contributed by atoms with van der Waals surface area (Å²) in [6.45, 7) is 4.90. The van der Waals surface area contributed by atoms with Crippen LogP contribution in [0, 0.1) is 0 Å². The third-order valence-corrected chi connectivity index (χ3v) is 2.41. The Morgan fingerprint density at radius 2 is 2.07 bits per heavy atom. The predicted molar refractivity (Wildman–Crippen MR) is 55.4 cm³/mol. The SMILES string of the molecule is CC(C)(C)OC(=O)CN1C(=O)CSC1=O. The lowest BCUT2D eigenvalue weighted by molar-refractivity contribution is -0.156. The van der Waals surface area contributed by atoms with Crippen LogP contribution >= 0.6 is 11.8 Å². The fourth-order valence-corrected chi connectivity index (χ4v) is 1.76. The molecule has 0 radical (unpaired) electrons. The first-order valence-corrected chi connectivity index (χ1v) is 5.47. The van der Waals surface area contributed by atoms with E-state index >= 15 is 0 Å². The number of hydrogen-bond acceptors (Lipinski definition) is 5. The summed E-state index contributed by atoms with van der Waals surface area (Å²) in [5.74, 6) is -0.788. The molecule has 1 saturated heterocycles. The van der Waals surface area contributed by atoms with Gasteiger partial charge in [-0.3, -0.25) is 19.3 Å². The Morgan fingerprint density at radius 3 is 2.47 bits per heavy atom. The smallest absolute Gasteiger partial charge is 0.326 e. The first-order valence-electron chi connectivity index (χ1n) is 4.48. The third kappa shape index (κ3) is 3.54. The molecule has 1 fully saturated rings. The van der Waals surface area contributed by atoms with Crippen molar-refractivity contribution in [3.05, 3.63) is 0 Å². The Labute approximate surface area is 92.1 Å². The van der Waals surface area contributed by atoms with Gasteiger partial charge in [0.25, 0.3) is 5.24 Å². The molecule has 84 valence electrons. The van der Waals surface area contributed by atoms with Crippen LogP contribution < -0.4 is 0 Å². The van der Waals surface area contributed by atoms with Crippen molar-refractivity contribution in [3.8, 4) is 0 Å². The highest BCUT2D eigenvalue weighted by atomic mass is 32.2. The number of nitrogens with zero attached hydrogens (tertiary/aromatic N) is 1. The Kier molecular flexibility index (Phi) is 3.38. The summed E-state index contributed by atoms with van der Waals surface area (Å²) in [4.78, 5) is 34.6. The minimum atomic E-state index is -0.601. The fraction of sp³-hybridized carbons (Fsp3) is 0.667. The third-order valence-electron chi connectivity index (χ3n) is 1.55. The second-order valence-corrected chi connectivity index (χ2v) is 5.05. The van der Waals surface area contributed by atoms with Crippen LogP contribution in [0.25, 0.3) is 0 Å². The Bertz CT molecular complexity index is 292. The van der Waals surface area contributed by atoms with E-state index < -0.39 is 11.6 Å². The molecule has 2 amide bonds. The van der Waals surface area contributed by atoms with Gasteiger partial charge in [0.05, 0.1) is 5.75 Å². The molecule has 0 spiro atoms. The number of thioether (sulfide) groups is 1. The van der Waals surface area contributed by atoms with Crippen LogP contribution in [0.1, 0.15) is 20.8 Å². The summed E-state index contributed by atoms with van der Waals surface area (Å²) in [6, 6.07) is 0. The molecular formula is C9H13NO4S. The van der Waals surface area contributed by atoms with E-state index in [1.165, 1.54) is 0 Å². The molecule has 0 unspecified atom stereocenters. The van der Waals surface area contributed by atoms with E-state index in [-0.39, 0.29) is 23.4 Å². The van der Waals surface area contributed by atoms with Crippen LogP contribution in [0.15, 0.2) is 0 Å². The van der Waals surface area contributed by atoms with Crippen LogP contribution in [0.4, 0.5) is 4.79 Å². The molecule has 1 rings (SSSR count). The van der Waals surface area contributed by atoms with Crippen molar-refractivity contribution in [3.63, 3.8) is 0 Å². The average molecular weight is 231 g/mol. The molecule has 0 bridgehead atoms. The van der Waals surface area contributed by atoms with E-state index in [2.05, 4.69) is 0 Å². The number of carbonyl (C=O) groups excluding carboxylic acids is 3. The highest BCUT2D eigenvalue weighted by Crippen LogP contribution is 2.18. The lowest BCUT2D eigenvalue weighted by Crippen LogP contribution is -2.37. The van der Waals surface area contributed by atoms with Crippen molar-refractivity contribution in [2.24, 2.45) is 0 Å². The molecule has 0 atom stereocenters. The van der Waals surface area contributed by atoms with Crippen LogP contribution in [0.3, 0.4) is 0 Å². The number of esters is 1. The number of amides is 2. The number of hydrogen-bond donors (Lipinski definition) is 0. The lowest BCUT2D eigenvalue weighted by Gasteiger charge is -2.21. The highest BCUT2D eigenvalue weighted by Gasteiger charge is 2.32. The summed E-state index contributed by atoms with van der Waals surface area (Å²) in [5.41, 5.74) is -0.601. The number of ether oxygens (including phenoxy) is 1. The quantitative estimate of drug-likeness (QED) is 0.664. The molecule has 1 aliphatic rings. The molecule has 0 aliphatic carbocycles. The Balaban J connectivity index is 2.51. The van der Waals surface area contributed by atoms with Crippen molar-refractivity contribution in [1.29, 1.82) is 0 Å². The number of rotatable bonds is 2. The molecule has 5 nitrogen and oxygen atoms in total. The van der Waals surface area contributed by atoms with E-state index in [4.69, 9.17) is 4.74 Å². The number of carbonyl (C=O) groups is 3. The Hall–Kier alpha value is -1.04. The topological polar surface area (TPSA) is 63.7 Å². The summed E-state index contributed by atoms with van der Waals surface area (Å²) in [7, 11) is 0. The van der Waals surface area contributed by atoms with Gasteiger partial charge in [0.2, 0.25) is 5.91 Å². The highest BCUT2D eigenvalue weighted by molar-refractivity contribution is 8.14. The van der Waals surface area contributed by atoms with E-state index in [0.29, 0.717) is 0 Å². The van der Waals surface area contributed by atoms with Gasteiger partial charge in [-0.2, -0.15) is 0 Å². The summed E-state index contributed by atoms with van der Waals surface area (Å²) in [5, 5.41) is -0.383. The predicted octanol–water partition coefficient (Wildman–Crippen LogP) is 1.02. The summed E-state index contributed by atoms with van der Waals surface area (Å²) >= 11 is 0.903. The standard InChI is InChI=1S/C9H13NO4S/c1-9(2,3)14-7(12)4-10-6(11)5-15-8(10)13/h4-5H2,1-3H3. The number of imide groups is 1. The lowest BCUT2D eigenvalue weighted by atomic mass is 10.2. The van der Waals surface area contributed by atoms with Gasteiger partial charge in [-0.05, 0) is 20.8 Å². The zero-order valence-corrected chi connectivity index (χ0v) is 9.72. The zero-order chi connectivity index (χ0) is 11.6. The fourth-order valence-electron chi connectivity index (χ4n) is 1.04. The second-order valence-electron chi connectivity index (χ2n) is 4.12. The largest absolute Gasteiger partial charge is 0.459 e. The second kappa shape index (κ2) is 4.22. The maximum atomic E-state index is 11.3. The van der Waals surface area contributed by atoms with Crippen molar-refractivity contribution >= 4 is 28.9 Å². The maximum Gasteiger partial charge on any atom is 0.326 e. The van der Waals surface area contributed by atoms with Gasteiger partial charge in [0, 0.05) is 0 Å². The van der Waals surface area contributed by atoms with Crippen molar-refractivity contribution < 1.29 is 19.1 Å². The monoisotopic (exact) mass is 231 g/mol. The van der Waals surface area contributed by atoms with E-state index in [1.54, 1.807) is 20.8 Å². The minimum absolute atomic E-state index is 0.113. The van der Waals surface area contributed by atoms with E-state index in [9.17, 15) is 14.4 Å². The molecule has 0 N–H and O–H groups in total. The minimum Gasteiger partial charge on any atom is -0.459 e. The molecule has 6 heteroatoms. The van der Waals surface area contributed by atoms with Gasteiger partial charge in [-0.15, -0.1) is 0 Å². The molecular weight excluding hydrogens is 218 g/mol. The normalized spacial score (nSPS) is 17.1. The van der Waals surface area contributed by atoms with Crippen LogP contribution in [0.2, 0.25) is 0 Å². The van der Waals surface area contributed by atoms with Gasteiger partial charge >= 0.3 is 5.97 Å². The van der Waals surface area contributed by atoms with Crippen LogP contribution in [0.5, 0.6) is 0 Å². The molecule has 15 heavy (non-hydrogen) atoms. The van der Waals surface area contributed by atoms with Gasteiger partial charge in [0.1, 0.15) is 12.1 Å². The van der Waals surface area contributed by atoms with Crippen molar-refractivity contribution in [2.75, 3.05) is 12.3 Å². The molecule has 0 saturated carbocycles. The molecule has 0 aromatic carbocycles.